The Labute approximate surface area is 86.2 Å². The summed E-state index contributed by atoms with van der Waals surface area (Å²) in [6.45, 7) is 8.10. The highest BCUT2D eigenvalue weighted by Gasteiger charge is 2.36. The van der Waals surface area contributed by atoms with Gasteiger partial charge in [0.1, 0.15) is 0 Å². The Morgan fingerprint density at radius 1 is 1.38 bits per heavy atom. The Kier molecular flexibility index (Phi) is 5.26. The number of aliphatic hydroxyl groups is 1. The van der Waals surface area contributed by atoms with Gasteiger partial charge in [0.2, 0.25) is 0 Å². The first kappa shape index (κ1) is 13.2. The van der Waals surface area contributed by atoms with Gasteiger partial charge >= 0.3 is 0 Å². The molecular formula is C10H21ClO2. The molecule has 0 rings (SSSR count). The van der Waals surface area contributed by atoms with Crippen LogP contribution >= 0.6 is 11.6 Å². The molecule has 0 aliphatic heterocycles. The summed E-state index contributed by atoms with van der Waals surface area (Å²) in [7, 11) is 1.66. The van der Waals surface area contributed by atoms with Gasteiger partial charge in [0, 0.05) is 18.9 Å². The maximum absolute atomic E-state index is 9.74. The molecule has 3 heteroatoms. The van der Waals surface area contributed by atoms with Crippen molar-refractivity contribution in [2.45, 2.75) is 39.4 Å². The van der Waals surface area contributed by atoms with E-state index in [4.69, 9.17) is 16.3 Å². The first-order valence-corrected chi connectivity index (χ1v) is 5.19. The van der Waals surface area contributed by atoms with Gasteiger partial charge in [-0.15, -0.1) is 11.6 Å². The van der Waals surface area contributed by atoms with E-state index in [2.05, 4.69) is 13.8 Å². The van der Waals surface area contributed by atoms with E-state index in [0.717, 1.165) is 0 Å². The predicted octanol–water partition coefficient (Wildman–Crippen LogP) is 2.28. The molecule has 2 atom stereocenters. The van der Waals surface area contributed by atoms with Gasteiger partial charge in [-0.25, -0.2) is 0 Å². The summed E-state index contributed by atoms with van der Waals surface area (Å²) in [6, 6.07) is 0. The highest BCUT2D eigenvalue weighted by Crippen LogP contribution is 2.31. The highest BCUT2D eigenvalue weighted by molar-refractivity contribution is 6.18. The second-order valence-electron chi connectivity index (χ2n) is 4.30. The van der Waals surface area contributed by atoms with Crippen LogP contribution in [0.25, 0.3) is 0 Å². The van der Waals surface area contributed by atoms with E-state index >= 15 is 0 Å². The second-order valence-corrected chi connectivity index (χ2v) is 4.61. The molecule has 0 aliphatic carbocycles. The Bertz CT molecular complexity index is 146. The van der Waals surface area contributed by atoms with Crippen LogP contribution in [0.3, 0.4) is 0 Å². The minimum atomic E-state index is -0.503. The Morgan fingerprint density at radius 2 is 1.85 bits per heavy atom. The fraction of sp³-hybridized carbons (Fsp3) is 1.00. The highest BCUT2D eigenvalue weighted by atomic mass is 35.5. The number of hydrogen-bond acceptors (Lipinski definition) is 2. The molecule has 0 saturated heterocycles. The lowest BCUT2D eigenvalue weighted by Gasteiger charge is -2.38. The number of hydrogen-bond donors (Lipinski definition) is 1. The third-order valence-electron chi connectivity index (χ3n) is 2.62. The number of methoxy groups -OCH3 is 1. The molecule has 0 aromatic heterocycles. The summed E-state index contributed by atoms with van der Waals surface area (Å²) >= 11 is 5.65. The average Bonchev–Trinajstić information content (AvgIpc) is 2.03. The minimum absolute atomic E-state index is 0.0648. The molecule has 0 heterocycles. The monoisotopic (exact) mass is 208 g/mol. The Morgan fingerprint density at radius 3 is 2.08 bits per heavy atom. The zero-order valence-electron chi connectivity index (χ0n) is 9.17. The van der Waals surface area contributed by atoms with Gasteiger partial charge in [0.15, 0.2) is 0 Å². The van der Waals surface area contributed by atoms with Crippen molar-refractivity contribution in [2.24, 2.45) is 11.8 Å². The van der Waals surface area contributed by atoms with Crippen LogP contribution in [-0.2, 0) is 4.74 Å². The molecule has 0 radical (unpaired) electrons. The molecule has 1 N–H and O–H groups in total. The van der Waals surface area contributed by atoms with Gasteiger partial charge in [0.25, 0.3) is 0 Å². The molecule has 0 amide bonds. The van der Waals surface area contributed by atoms with Gasteiger partial charge in [-0.2, -0.15) is 0 Å². The van der Waals surface area contributed by atoms with E-state index in [1.165, 1.54) is 0 Å². The van der Waals surface area contributed by atoms with Crippen molar-refractivity contribution in [3.05, 3.63) is 0 Å². The number of aliphatic hydroxyl groups excluding tert-OH is 1. The molecule has 0 aromatic rings. The first-order valence-electron chi connectivity index (χ1n) is 4.66. The smallest absolute Gasteiger partial charge is 0.0733 e. The number of rotatable bonds is 5. The van der Waals surface area contributed by atoms with Gasteiger partial charge in [-0.3, -0.25) is 0 Å². The standard InChI is InChI=1S/C10H21ClO2/c1-7(2)9(8(12)6-11)10(3,4)13-5/h7-9,12H,6H2,1-5H3/t8-,9?/m1/s1. The molecule has 0 aliphatic rings. The normalized spacial score (nSPS) is 17.5. The Hall–Kier alpha value is 0.210. The van der Waals surface area contributed by atoms with E-state index in [-0.39, 0.29) is 17.4 Å². The molecule has 1 unspecified atom stereocenters. The quantitative estimate of drug-likeness (QED) is 0.703. The van der Waals surface area contributed by atoms with Crippen molar-refractivity contribution in [1.82, 2.24) is 0 Å². The van der Waals surface area contributed by atoms with Gasteiger partial charge in [-0.05, 0) is 19.8 Å². The van der Waals surface area contributed by atoms with E-state index in [9.17, 15) is 5.11 Å². The van der Waals surface area contributed by atoms with Crippen LogP contribution in [0.15, 0.2) is 0 Å². The second kappa shape index (κ2) is 5.18. The van der Waals surface area contributed by atoms with Crippen LogP contribution in [-0.4, -0.2) is 29.8 Å². The SMILES string of the molecule is COC(C)(C)C(C(C)C)[C@H](O)CCl. The lowest BCUT2D eigenvalue weighted by molar-refractivity contribution is -0.0863. The lowest BCUT2D eigenvalue weighted by Crippen LogP contribution is -2.44. The minimum Gasteiger partial charge on any atom is -0.391 e. The van der Waals surface area contributed by atoms with Crippen molar-refractivity contribution in [1.29, 1.82) is 0 Å². The fourth-order valence-electron chi connectivity index (χ4n) is 1.94. The molecule has 0 saturated carbocycles. The third kappa shape index (κ3) is 3.45. The Balaban J connectivity index is 4.60. The average molecular weight is 209 g/mol. The summed E-state index contributed by atoms with van der Waals surface area (Å²) in [5, 5.41) is 9.74. The molecule has 0 aromatic carbocycles. The molecule has 2 nitrogen and oxygen atoms in total. The van der Waals surface area contributed by atoms with Crippen LogP contribution in [0.4, 0.5) is 0 Å². The summed E-state index contributed by atoms with van der Waals surface area (Å²) in [5.41, 5.74) is -0.331. The number of halogens is 1. The zero-order valence-corrected chi connectivity index (χ0v) is 9.93. The number of alkyl halides is 1. The van der Waals surface area contributed by atoms with Crippen molar-refractivity contribution in [3.63, 3.8) is 0 Å². The van der Waals surface area contributed by atoms with Gasteiger partial charge < -0.3 is 9.84 Å². The van der Waals surface area contributed by atoms with Crippen molar-refractivity contribution < 1.29 is 9.84 Å². The molecule has 80 valence electrons. The van der Waals surface area contributed by atoms with Crippen LogP contribution in [0, 0.1) is 11.8 Å². The van der Waals surface area contributed by atoms with Gasteiger partial charge in [-0.1, -0.05) is 13.8 Å². The molecule has 13 heavy (non-hydrogen) atoms. The molecular weight excluding hydrogens is 188 g/mol. The van der Waals surface area contributed by atoms with Crippen molar-refractivity contribution in [2.75, 3.05) is 13.0 Å². The first-order chi connectivity index (χ1) is 5.86. The largest absolute Gasteiger partial charge is 0.391 e. The number of ether oxygens (including phenoxy) is 1. The van der Waals surface area contributed by atoms with Gasteiger partial charge in [0.05, 0.1) is 11.7 Å². The summed E-state index contributed by atoms with van der Waals surface area (Å²) < 4.78 is 5.37. The summed E-state index contributed by atoms with van der Waals surface area (Å²) in [5.74, 6) is 0.675. The van der Waals surface area contributed by atoms with Crippen LogP contribution in [0.1, 0.15) is 27.7 Å². The summed E-state index contributed by atoms with van der Waals surface area (Å²) in [6.07, 6.45) is -0.503. The predicted molar refractivity (Wildman–Crippen MR) is 56.1 cm³/mol. The zero-order chi connectivity index (χ0) is 10.6. The topological polar surface area (TPSA) is 29.5 Å². The maximum Gasteiger partial charge on any atom is 0.0733 e. The maximum atomic E-state index is 9.74. The van der Waals surface area contributed by atoms with E-state index in [1.807, 2.05) is 13.8 Å². The van der Waals surface area contributed by atoms with Crippen LogP contribution in [0.2, 0.25) is 0 Å². The molecule has 0 bridgehead atoms. The third-order valence-corrected chi connectivity index (χ3v) is 2.94. The van der Waals surface area contributed by atoms with Crippen molar-refractivity contribution >= 4 is 11.6 Å². The fourth-order valence-corrected chi connectivity index (χ4v) is 2.13. The van der Waals surface area contributed by atoms with E-state index in [0.29, 0.717) is 5.92 Å². The van der Waals surface area contributed by atoms with Crippen molar-refractivity contribution in [3.8, 4) is 0 Å². The molecule has 0 fully saturated rings. The lowest BCUT2D eigenvalue weighted by atomic mass is 9.78. The van der Waals surface area contributed by atoms with E-state index in [1.54, 1.807) is 7.11 Å². The molecule has 0 spiro atoms. The van der Waals surface area contributed by atoms with Crippen LogP contribution < -0.4 is 0 Å². The van der Waals surface area contributed by atoms with Crippen LogP contribution in [0.5, 0.6) is 0 Å². The summed E-state index contributed by atoms with van der Waals surface area (Å²) in [4.78, 5) is 0. The van der Waals surface area contributed by atoms with E-state index < -0.39 is 6.10 Å².